The van der Waals surface area contributed by atoms with E-state index in [0.717, 1.165) is 11.0 Å². The summed E-state index contributed by atoms with van der Waals surface area (Å²) in [5, 5.41) is 7.82. The number of pyridine rings is 1. The molecule has 0 saturated heterocycles. The Kier molecular flexibility index (Phi) is 1.69. The molecule has 0 radical (unpaired) electrons. The minimum atomic E-state index is 0.436. The molecule has 0 aliphatic rings. The van der Waals surface area contributed by atoms with Gasteiger partial charge in [0.1, 0.15) is 5.82 Å². The molecule has 0 aliphatic heterocycles. The summed E-state index contributed by atoms with van der Waals surface area (Å²) in [5.74, 6) is 0.978. The molecule has 0 spiro atoms. The Labute approximate surface area is 76.2 Å². The van der Waals surface area contributed by atoms with Gasteiger partial charge in [0.25, 0.3) is 0 Å². The van der Waals surface area contributed by atoms with Crippen molar-refractivity contribution in [2.24, 2.45) is 0 Å². The third kappa shape index (κ3) is 1.24. The van der Waals surface area contributed by atoms with E-state index in [4.69, 9.17) is 5.73 Å². The summed E-state index contributed by atoms with van der Waals surface area (Å²) in [6.07, 6.45) is 1.79. The fourth-order valence-corrected chi connectivity index (χ4v) is 1.45. The summed E-state index contributed by atoms with van der Waals surface area (Å²) in [6, 6.07) is 1.91. The van der Waals surface area contributed by atoms with E-state index in [1.54, 1.807) is 6.20 Å². The fraction of sp³-hybridized carbons (Fsp3) is 0.333. The number of nitrogens with zero attached hydrogens (tertiary/aromatic N) is 2. The normalized spacial score (nSPS) is 11.3. The summed E-state index contributed by atoms with van der Waals surface area (Å²) in [6.45, 7) is 4.25. The Bertz CT molecular complexity index is 430. The van der Waals surface area contributed by atoms with Gasteiger partial charge in [-0.25, -0.2) is 4.98 Å². The monoisotopic (exact) mass is 176 g/mol. The molecule has 0 unspecified atom stereocenters. The zero-order valence-corrected chi connectivity index (χ0v) is 7.70. The van der Waals surface area contributed by atoms with Crippen molar-refractivity contribution in [2.45, 2.75) is 19.8 Å². The van der Waals surface area contributed by atoms with Crippen molar-refractivity contribution in [3.63, 3.8) is 0 Å². The van der Waals surface area contributed by atoms with Gasteiger partial charge in [0.2, 0.25) is 0 Å². The van der Waals surface area contributed by atoms with Crippen LogP contribution in [0.2, 0.25) is 0 Å². The lowest BCUT2D eigenvalue weighted by Crippen LogP contribution is -1.95. The Hall–Kier alpha value is -1.58. The first kappa shape index (κ1) is 8.04. The third-order valence-corrected chi connectivity index (χ3v) is 2.10. The van der Waals surface area contributed by atoms with E-state index in [1.807, 2.05) is 6.07 Å². The smallest absolute Gasteiger partial charge is 0.157 e. The average Bonchev–Trinajstić information content (AvgIpc) is 2.49. The van der Waals surface area contributed by atoms with Crippen LogP contribution >= 0.6 is 0 Å². The molecule has 2 aromatic heterocycles. The second-order valence-corrected chi connectivity index (χ2v) is 3.42. The number of aromatic amines is 1. The zero-order chi connectivity index (χ0) is 9.42. The Morgan fingerprint density at radius 2 is 2.23 bits per heavy atom. The number of hydrogen-bond donors (Lipinski definition) is 2. The van der Waals surface area contributed by atoms with E-state index < -0.39 is 0 Å². The molecule has 3 N–H and O–H groups in total. The molecule has 0 atom stereocenters. The number of H-pyrrole nitrogens is 1. The highest BCUT2D eigenvalue weighted by molar-refractivity contribution is 5.80. The van der Waals surface area contributed by atoms with Crippen LogP contribution < -0.4 is 5.73 Å². The van der Waals surface area contributed by atoms with Crippen LogP contribution in [-0.4, -0.2) is 15.2 Å². The molecule has 4 heteroatoms. The number of aromatic nitrogens is 3. The second-order valence-electron chi connectivity index (χ2n) is 3.42. The van der Waals surface area contributed by atoms with Crippen LogP contribution in [0.4, 0.5) is 5.82 Å². The van der Waals surface area contributed by atoms with Gasteiger partial charge in [-0.1, -0.05) is 13.8 Å². The van der Waals surface area contributed by atoms with Crippen molar-refractivity contribution in [3.05, 3.63) is 17.8 Å². The van der Waals surface area contributed by atoms with E-state index in [2.05, 4.69) is 29.0 Å². The number of hydrogen-bond acceptors (Lipinski definition) is 3. The summed E-state index contributed by atoms with van der Waals surface area (Å²) >= 11 is 0. The fourth-order valence-electron chi connectivity index (χ4n) is 1.45. The van der Waals surface area contributed by atoms with Crippen LogP contribution in [0.3, 0.4) is 0 Å². The lowest BCUT2D eigenvalue weighted by molar-refractivity contribution is 0.875. The molecule has 13 heavy (non-hydrogen) atoms. The van der Waals surface area contributed by atoms with Crippen molar-refractivity contribution in [1.82, 2.24) is 15.2 Å². The molecular formula is C9H12N4. The molecule has 2 aromatic rings. The molecule has 0 amide bonds. The van der Waals surface area contributed by atoms with E-state index in [-0.39, 0.29) is 0 Å². The van der Waals surface area contributed by atoms with Crippen molar-refractivity contribution in [2.75, 3.05) is 5.73 Å². The molecule has 0 bridgehead atoms. The summed E-state index contributed by atoms with van der Waals surface area (Å²) < 4.78 is 0. The number of anilines is 1. The molecule has 4 nitrogen and oxygen atoms in total. The number of fused-ring (bicyclic) bond motifs is 1. The van der Waals surface area contributed by atoms with E-state index in [0.29, 0.717) is 11.7 Å². The van der Waals surface area contributed by atoms with E-state index in [9.17, 15) is 0 Å². The summed E-state index contributed by atoms with van der Waals surface area (Å²) in [7, 11) is 0. The molecule has 2 heterocycles. The maximum Gasteiger partial charge on any atom is 0.157 e. The highest BCUT2D eigenvalue weighted by Gasteiger charge is 2.08. The first-order chi connectivity index (χ1) is 6.18. The van der Waals surface area contributed by atoms with Gasteiger partial charge in [-0.05, 0) is 17.5 Å². The lowest BCUT2D eigenvalue weighted by atomic mass is 10.0. The minimum Gasteiger partial charge on any atom is -0.384 e. The van der Waals surface area contributed by atoms with Crippen molar-refractivity contribution < 1.29 is 0 Å². The first-order valence-electron chi connectivity index (χ1n) is 4.28. The average molecular weight is 176 g/mol. The zero-order valence-electron chi connectivity index (χ0n) is 7.70. The standard InChI is InChI=1S/C9H12N4/c1-5(2)6-3-8(10)12-9-7(6)4-11-13-9/h3-5H,1-2H3,(H3,10,11,12,13). The quantitative estimate of drug-likeness (QED) is 0.694. The number of rotatable bonds is 1. The number of nitrogens with two attached hydrogens (primary N) is 1. The van der Waals surface area contributed by atoms with Crippen LogP contribution in [0.1, 0.15) is 25.3 Å². The molecule has 0 fully saturated rings. The molecule has 0 aliphatic carbocycles. The van der Waals surface area contributed by atoms with Crippen LogP contribution in [0.15, 0.2) is 12.3 Å². The van der Waals surface area contributed by atoms with Crippen molar-refractivity contribution in [1.29, 1.82) is 0 Å². The number of nitrogens with one attached hydrogen (secondary N) is 1. The SMILES string of the molecule is CC(C)c1cc(N)nc2[nH]ncc12. The van der Waals surface area contributed by atoms with Crippen LogP contribution in [-0.2, 0) is 0 Å². The largest absolute Gasteiger partial charge is 0.384 e. The van der Waals surface area contributed by atoms with Crippen LogP contribution in [0.5, 0.6) is 0 Å². The van der Waals surface area contributed by atoms with Gasteiger partial charge in [-0.15, -0.1) is 0 Å². The highest BCUT2D eigenvalue weighted by atomic mass is 15.1. The van der Waals surface area contributed by atoms with Gasteiger partial charge in [0, 0.05) is 5.39 Å². The Balaban J connectivity index is 2.77. The van der Waals surface area contributed by atoms with E-state index in [1.165, 1.54) is 5.56 Å². The van der Waals surface area contributed by atoms with Crippen molar-refractivity contribution in [3.8, 4) is 0 Å². The topological polar surface area (TPSA) is 67.6 Å². The van der Waals surface area contributed by atoms with Gasteiger partial charge in [-0.3, -0.25) is 5.10 Å². The number of nitrogen functional groups attached to an aromatic ring is 1. The summed E-state index contributed by atoms with van der Waals surface area (Å²) in [5.41, 5.74) is 7.62. The predicted octanol–water partition coefficient (Wildman–Crippen LogP) is 1.66. The van der Waals surface area contributed by atoms with Gasteiger partial charge < -0.3 is 5.73 Å². The van der Waals surface area contributed by atoms with Gasteiger partial charge in [-0.2, -0.15) is 5.10 Å². The minimum absolute atomic E-state index is 0.436. The maximum absolute atomic E-state index is 5.66. The maximum atomic E-state index is 5.66. The third-order valence-electron chi connectivity index (χ3n) is 2.10. The van der Waals surface area contributed by atoms with Crippen LogP contribution in [0.25, 0.3) is 11.0 Å². The predicted molar refractivity (Wildman–Crippen MR) is 52.4 cm³/mol. The first-order valence-corrected chi connectivity index (χ1v) is 4.28. The van der Waals surface area contributed by atoms with Crippen LogP contribution in [0, 0.1) is 0 Å². The molecular weight excluding hydrogens is 164 g/mol. The van der Waals surface area contributed by atoms with Gasteiger partial charge in [0.15, 0.2) is 5.65 Å². The lowest BCUT2D eigenvalue weighted by Gasteiger charge is -2.06. The second kappa shape index (κ2) is 2.73. The van der Waals surface area contributed by atoms with Gasteiger partial charge in [0.05, 0.1) is 6.20 Å². The van der Waals surface area contributed by atoms with Crippen molar-refractivity contribution >= 4 is 16.9 Å². The molecule has 68 valence electrons. The van der Waals surface area contributed by atoms with E-state index >= 15 is 0 Å². The molecule has 0 aromatic carbocycles. The Morgan fingerprint density at radius 3 is 2.92 bits per heavy atom. The van der Waals surface area contributed by atoms with Gasteiger partial charge >= 0.3 is 0 Å². The summed E-state index contributed by atoms with van der Waals surface area (Å²) in [4.78, 5) is 4.14. The molecule has 2 rings (SSSR count). The molecule has 0 saturated carbocycles. The Morgan fingerprint density at radius 1 is 1.46 bits per heavy atom. The highest BCUT2D eigenvalue weighted by Crippen LogP contribution is 2.24.